The molecule has 3 heterocycles. The number of hydrogen-bond donors (Lipinski definition) is 1. The average Bonchev–Trinajstić information content (AvgIpc) is 3.18. The Balaban J connectivity index is 2.19. The first kappa shape index (κ1) is 18.5. The number of alkyl halides is 3. The molecule has 10 heteroatoms. The third kappa shape index (κ3) is 3.00. The Morgan fingerprint density at radius 2 is 2.12 bits per heavy atom. The van der Waals surface area contributed by atoms with Crippen molar-refractivity contribution >= 4 is 29.1 Å². The fourth-order valence-corrected chi connectivity index (χ4v) is 3.43. The van der Waals surface area contributed by atoms with Crippen LogP contribution in [0.1, 0.15) is 41.5 Å². The number of imidazole rings is 1. The predicted octanol–water partition coefficient (Wildman–Crippen LogP) is 3.26. The monoisotopic (exact) mass is 389 g/mol. The van der Waals surface area contributed by atoms with E-state index in [0.717, 1.165) is 16.7 Å². The predicted molar refractivity (Wildman–Crippen MR) is 86.3 cm³/mol. The van der Waals surface area contributed by atoms with Crippen LogP contribution in [0.4, 0.5) is 13.2 Å². The first-order valence-electron chi connectivity index (χ1n) is 7.96. The zero-order valence-electron chi connectivity index (χ0n) is 13.7. The molecule has 1 saturated heterocycles. The fraction of sp³-hybridized carbons (Fsp3) is 0.438. The van der Waals surface area contributed by atoms with E-state index in [1.54, 1.807) is 6.92 Å². The summed E-state index contributed by atoms with van der Waals surface area (Å²) in [6.07, 6.45) is -2.78. The minimum absolute atomic E-state index is 0.0333. The first-order chi connectivity index (χ1) is 12.1. The molecular formula is C16H15ClF3N3O3. The van der Waals surface area contributed by atoms with E-state index >= 15 is 0 Å². The van der Waals surface area contributed by atoms with Crippen LogP contribution in [0.2, 0.25) is 5.02 Å². The highest BCUT2D eigenvalue weighted by atomic mass is 35.5. The maximum atomic E-state index is 13.1. The van der Waals surface area contributed by atoms with E-state index in [-0.39, 0.29) is 35.0 Å². The molecule has 1 atom stereocenters. The lowest BCUT2D eigenvalue weighted by Gasteiger charge is -2.21. The third-order valence-corrected chi connectivity index (χ3v) is 4.69. The number of aliphatic carboxylic acids is 1. The summed E-state index contributed by atoms with van der Waals surface area (Å²) in [5.41, 5.74) is -0.790. The van der Waals surface area contributed by atoms with Crippen LogP contribution in [0.15, 0.2) is 12.3 Å². The standard InChI is InChI=1S/C16H15ClF3N3O3/c1-2-10-12(14(24)22-5-3-4-11(22)15(25)26)23-7-8(16(18,19)20)6-9(17)13(23)21-10/h6-7,11H,2-5H2,1H3,(H,25,26). The van der Waals surface area contributed by atoms with Crippen LogP contribution in [0, 0.1) is 0 Å². The molecule has 6 nitrogen and oxygen atoms in total. The van der Waals surface area contributed by atoms with Gasteiger partial charge in [-0.1, -0.05) is 18.5 Å². The van der Waals surface area contributed by atoms with Gasteiger partial charge in [0.2, 0.25) is 0 Å². The summed E-state index contributed by atoms with van der Waals surface area (Å²) in [6.45, 7) is 1.93. The van der Waals surface area contributed by atoms with Crippen molar-refractivity contribution < 1.29 is 27.9 Å². The van der Waals surface area contributed by atoms with E-state index in [4.69, 9.17) is 11.6 Å². The summed E-state index contributed by atoms with van der Waals surface area (Å²) < 4.78 is 40.4. The fourth-order valence-electron chi connectivity index (χ4n) is 3.18. The lowest BCUT2D eigenvalue weighted by Crippen LogP contribution is -2.41. The number of rotatable bonds is 3. The van der Waals surface area contributed by atoms with Gasteiger partial charge in [-0.25, -0.2) is 9.78 Å². The van der Waals surface area contributed by atoms with E-state index in [1.807, 2.05) is 0 Å². The number of carbonyl (C=O) groups is 2. The second-order valence-electron chi connectivity index (χ2n) is 6.02. The quantitative estimate of drug-likeness (QED) is 0.874. The molecule has 1 aliphatic heterocycles. The topological polar surface area (TPSA) is 74.9 Å². The van der Waals surface area contributed by atoms with Crippen molar-refractivity contribution in [1.29, 1.82) is 0 Å². The van der Waals surface area contributed by atoms with Crippen molar-refractivity contribution in [2.24, 2.45) is 0 Å². The maximum Gasteiger partial charge on any atom is 0.417 e. The van der Waals surface area contributed by atoms with Crippen molar-refractivity contribution in [2.75, 3.05) is 6.54 Å². The molecule has 0 spiro atoms. The normalized spacial score (nSPS) is 17.9. The summed E-state index contributed by atoms with van der Waals surface area (Å²) in [5.74, 6) is -1.80. The Morgan fingerprint density at radius 3 is 2.69 bits per heavy atom. The highest BCUT2D eigenvalue weighted by Crippen LogP contribution is 2.33. The minimum atomic E-state index is -4.65. The summed E-state index contributed by atoms with van der Waals surface area (Å²) in [7, 11) is 0. The van der Waals surface area contributed by atoms with Gasteiger partial charge in [-0.05, 0) is 25.3 Å². The number of likely N-dealkylation sites (tertiary alicyclic amines) is 1. The molecule has 0 saturated carbocycles. The van der Waals surface area contributed by atoms with Crippen LogP contribution in [0.25, 0.3) is 5.65 Å². The maximum absolute atomic E-state index is 13.1. The van der Waals surface area contributed by atoms with Gasteiger partial charge in [0, 0.05) is 12.7 Å². The summed E-state index contributed by atoms with van der Waals surface area (Å²) in [6, 6.07) is -0.243. The Bertz CT molecular complexity index is 894. The number of hydrogen-bond acceptors (Lipinski definition) is 3. The second kappa shape index (κ2) is 6.46. The van der Waals surface area contributed by atoms with E-state index in [2.05, 4.69) is 4.98 Å². The van der Waals surface area contributed by atoms with Crippen molar-refractivity contribution in [3.63, 3.8) is 0 Å². The summed E-state index contributed by atoms with van der Waals surface area (Å²) in [5, 5.41) is 9.05. The zero-order valence-corrected chi connectivity index (χ0v) is 14.4. The smallest absolute Gasteiger partial charge is 0.417 e. The average molecular weight is 390 g/mol. The number of nitrogens with zero attached hydrogens (tertiary/aromatic N) is 3. The molecule has 0 aliphatic carbocycles. The van der Waals surface area contributed by atoms with E-state index in [0.29, 0.717) is 12.8 Å². The van der Waals surface area contributed by atoms with Gasteiger partial charge >= 0.3 is 12.1 Å². The largest absolute Gasteiger partial charge is 0.480 e. The van der Waals surface area contributed by atoms with Gasteiger partial charge in [0.1, 0.15) is 11.7 Å². The molecule has 0 radical (unpaired) electrons. The molecular weight excluding hydrogens is 375 g/mol. The van der Waals surface area contributed by atoms with Crippen molar-refractivity contribution in [3.05, 3.63) is 34.2 Å². The van der Waals surface area contributed by atoms with Gasteiger partial charge in [0.15, 0.2) is 5.65 Å². The first-order valence-corrected chi connectivity index (χ1v) is 8.34. The molecule has 0 aromatic carbocycles. The van der Waals surface area contributed by atoms with E-state index < -0.39 is 29.7 Å². The molecule has 1 fully saturated rings. The van der Waals surface area contributed by atoms with Gasteiger partial charge in [-0.15, -0.1) is 0 Å². The van der Waals surface area contributed by atoms with Gasteiger partial charge in [0.05, 0.1) is 16.3 Å². The number of halogens is 4. The third-order valence-electron chi connectivity index (χ3n) is 4.41. The molecule has 26 heavy (non-hydrogen) atoms. The lowest BCUT2D eigenvalue weighted by atomic mass is 10.2. The van der Waals surface area contributed by atoms with Crippen LogP contribution in [-0.4, -0.2) is 43.9 Å². The van der Waals surface area contributed by atoms with Gasteiger partial charge < -0.3 is 10.0 Å². The van der Waals surface area contributed by atoms with Gasteiger partial charge in [-0.3, -0.25) is 9.20 Å². The molecule has 1 unspecified atom stereocenters. The van der Waals surface area contributed by atoms with Crippen LogP contribution < -0.4 is 0 Å². The molecule has 140 valence electrons. The lowest BCUT2D eigenvalue weighted by molar-refractivity contribution is -0.141. The van der Waals surface area contributed by atoms with Crippen LogP contribution in [-0.2, 0) is 17.4 Å². The SMILES string of the molecule is CCc1nc2c(Cl)cc(C(F)(F)F)cn2c1C(=O)N1CCCC1C(=O)O. The summed E-state index contributed by atoms with van der Waals surface area (Å²) >= 11 is 5.95. The van der Waals surface area contributed by atoms with E-state index in [1.165, 1.54) is 4.90 Å². The van der Waals surface area contributed by atoms with Crippen LogP contribution >= 0.6 is 11.6 Å². The second-order valence-corrected chi connectivity index (χ2v) is 6.43. The Hall–Kier alpha value is -2.29. The number of fused-ring (bicyclic) bond motifs is 1. The number of aryl methyl sites for hydroxylation is 1. The van der Waals surface area contributed by atoms with Gasteiger partial charge in [0.25, 0.3) is 5.91 Å². The van der Waals surface area contributed by atoms with Gasteiger partial charge in [-0.2, -0.15) is 13.2 Å². The molecule has 2 aromatic heterocycles. The van der Waals surface area contributed by atoms with Crippen LogP contribution in [0.5, 0.6) is 0 Å². The number of carboxylic acid groups (broad SMARTS) is 1. The molecule has 2 aromatic rings. The Labute approximate surface area is 151 Å². The number of pyridine rings is 1. The van der Waals surface area contributed by atoms with Crippen molar-refractivity contribution in [2.45, 2.75) is 38.4 Å². The molecule has 1 amide bonds. The van der Waals surface area contributed by atoms with Crippen molar-refractivity contribution in [1.82, 2.24) is 14.3 Å². The number of carboxylic acids is 1. The Kier molecular flexibility index (Phi) is 4.60. The molecule has 3 rings (SSSR count). The summed E-state index contributed by atoms with van der Waals surface area (Å²) in [4.78, 5) is 29.7. The highest BCUT2D eigenvalue weighted by molar-refractivity contribution is 6.33. The Morgan fingerprint density at radius 1 is 1.42 bits per heavy atom. The molecule has 0 bridgehead atoms. The van der Waals surface area contributed by atoms with Crippen molar-refractivity contribution in [3.8, 4) is 0 Å². The number of aromatic nitrogens is 2. The highest BCUT2D eigenvalue weighted by Gasteiger charge is 2.38. The number of carbonyl (C=O) groups excluding carboxylic acids is 1. The molecule has 1 N–H and O–H groups in total. The van der Waals surface area contributed by atoms with Crippen LogP contribution in [0.3, 0.4) is 0 Å². The molecule has 1 aliphatic rings. The minimum Gasteiger partial charge on any atom is -0.480 e. The van der Waals surface area contributed by atoms with E-state index in [9.17, 15) is 27.9 Å². The number of amides is 1. The zero-order chi connectivity index (χ0) is 19.2.